The average Bonchev–Trinajstić information content (AvgIpc) is 2.28. The predicted molar refractivity (Wildman–Crippen MR) is 71.7 cm³/mol. The zero-order chi connectivity index (χ0) is 12.6. The van der Waals surface area contributed by atoms with E-state index in [1.54, 1.807) is 12.1 Å². The molecule has 1 radical (unpaired) electrons. The average molecular weight is 382 g/mol. The summed E-state index contributed by atoms with van der Waals surface area (Å²) in [6.45, 7) is 5.79. The standard InChI is InChI=1S/C14H12BrFN.Y/c1-9-4-5-11(13(16)8-9)14-7-6-12(15)10(2)17(14)3;/h4-6,8H,2H2,1,3H3;/q-1;. The molecule has 1 nitrogen and oxygen atoms in total. The Balaban J connectivity index is 0.00000162. The second kappa shape index (κ2) is 6.27. The minimum atomic E-state index is -0.237. The fourth-order valence-corrected chi connectivity index (χ4v) is 2.06. The first kappa shape index (κ1) is 15.8. The van der Waals surface area contributed by atoms with E-state index in [-0.39, 0.29) is 38.5 Å². The van der Waals surface area contributed by atoms with Crippen LogP contribution in [0.25, 0.3) is 5.70 Å². The molecule has 0 spiro atoms. The number of halogens is 2. The topological polar surface area (TPSA) is 3.24 Å². The van der Waals surface area contributed by atoms with Gasteiger partial charge in [-0.2, -0.15) is 12.2 Å². The van der Waals surface area contributed by atoms with Gasteiger partial charge in [0.2, 0.25) is 0 Å². The van der Waals surface area contributed by atoms with Gasteiger partial charge in [-0.25, -0.2) is 4.39 Å². The van der Waals surface area contributed by atoms with Crippen molar-refractivity contribution >= 4 is 21.6 Å². The molecule has 1 aliphatic heterocycles. The third kappa shape index (κ3) is 3.01. The summed E-state index contributed by atoms with van der Waals surface area (Å²) in [6.07, 6.45) is 4.82. The molecule has 91 valence electrons. The summed E-state index contributed by atoms with van der Waals surface area (Å²) in [5.74, 6) is -0.237. The molecule has 2 rings (SSSR count). The minimum Gasteiger partial charge on any atom is -0.377 e. The third-order valence-electron chi connectivity index (χ3n) is 2.73. The molecule has 0 fully saturated rings. The van der Waals surface area contributed by atoms with Crippen LogP contribution in [0, 0.1) is 18.8 Å². The Morgan fingerprint density at radius 3 is 2.67 bits per heavy atom. The summed E-state index contributed by atoms with van der Waals surface area (Å²) < 4.78 is 14.7. The Kier molecular flexibility index (Phi) is 5.51. The molecule has 1 heterocycles. The van der Waals surface area contributed by atoms with E-state index in [9.17, 15) is 4.39 Å². The predicted octanol–water partition coefficient (Wildman–Crippen LogP) is 4.01. The van der Waals surface area contributed by atoms with Gasteiger partial charge in [0.25, 0.3) is 0 Å². The number of benzene rings is 1. The molecule has 0 saturated heterocycles. The summed E-state index contributed by atoms with van der Waals surface area (Å²) in [4.78, 5) is 1.82. The quantitative estimate of drug-likeness (QED) is 0.664. The largest absolute Gasteiger partial charge is 0.377 e. The Morgan fingerprint density at radius 2 is 2.06 bits per heavy atom. The van der Waals surface area contributed by atoms with E-state index < -0.39 is 0 Å². The van der Waals surface area contributed by atoms with Crippen molar-refractivity contribution in [1.29, 1.82) is 0 Å². The van der Waals surface area contributed by atoms with Gasteiger partial charge in [0, 0.05) is 39.8 Å². The number of hydrogen-bond acceptors (Lipinski definition) is 1. The van der Waals surface area contributed by atoms with Crippen molar-refractivity contribution in [3.05, 3.63) is 64.1 Å². The van der Waals surface area contributed by atoms with E-state index in [0.29, 0.717) is 11.3 Å². The minimum absolute atomic E-state index is 0. The molecule has 1 aromatic carbocycles. The molecule has 0 atom stereocenters. The number of nitrogens with zero attached hydrogens (tertiary/aromatic N) is 1. The van der Waals surface area contributed by atoms with Gasteiger partial charge in [0.05, 0.1) is 5.82 Å². The molecular weight excluding hydrogens is 370 g/mol. The van der Waals surface area contributed by atoms with E-state index in [0.717, 1.165) is 15.7 Å². The van der Waals surface area contributed by atoms with Gasteiger partial charge >= 0.3 is 0 Å². The van der Waals surface area contributed by atoms with Crippen molar-refractivity contribution in [1.82, 2.24) is 4.90 Å². The summed E-state index contributed by atoms with van der Waals surface area (Å²) in [6, 6.07) is 5.18. The van der Waals surface area contributed by atoms with Crippen LogP contribution < -0.4 is 0 Å². The summed E-state index contributed by atoms with van der Waals surface area (Å²) in [7, 11) is 1.85. The monoisotopic (exact) mass is 381 g/mol. The van der Waals surface area contributed by atoms with Crippen LogP contribution in [-0.2, 0) is 32.7 Å². The zero-order valence-corrected chi connectivity index (χ0v) is 14.7. The molecule has 0 N–H and O–H groups in total. The molecule has 1 aliphatic rings. The maximum absolute atomic E-state index is 13.9. The molecule has 0 unspecified atom stereocenters. The van der Waals surface area contributed by atoms with Crippen molar-refractivity contribution in [2.75, 3.05) is 7.05 Å². The maximum Gasteiger partial charge on any atom is 0.0784 e. The molecule has 0 aromatic heterocycles. The second-order valence-corrected chi connectivity index (χ2v) is 4.83. The second-order valence-electron chi connectivity index (χ2n) is 3.97. The van der Waals surface area contributed by atoms with Crippen molar-refractivity contribution in [2.24, 2.45) is 0 Å². The Labute approximate surface area is 140 Å². The number of hydrogen-bond donors (Lipinski definition) is 0. The summed E-state index contributed by atoms with van der Waals surface area (Å²) in [5, 5.41) is 0. The van der Waals surface area contributed by atoms with E-state index in [1.807, 2.05) is 24.9 Å². The number of allylic oxidation sites excluding steroid dienone is 3. The molecular formula is C14H12BrFNY-. The number of aryl methyl sites for hydroxylation is 1. The molecule has 4 heteroatoms. The summed E-state index contributed by atoms with van der Waals surface area (Å²) >= 11 is 3.37. The Bertz CT molecular complexity index is 549. The van der Waals surface area contributed by atoms with Gasteiger partial charge in [-0.3, -0.25) is 0 Å². The fourth-order valence-electron chi connectivity index (χ4n) is 1.68. The molecule has 0 saturated carbocycles. The van der Waals surface area contributed by atoms with E-state index >= 15 is 0 Å². The van der Waals surface area contributed by atoms with Crippen LogP contribution >= 0.6 is 15.9 Å². The van der Waals surface area contributed by atoms with Crippen LogP contribution in [0.3, 0.4) is 0 Å². The molecule has 18 heavy (non-hydrogen) atoms. The van der Waals surface area contributed by atoms with Crippen LogP contribution in [0.2, 0.25) is 0 Å². The van der Waals surface area contributed by atoms with Crippen molar-refractivity contribution < 1.29 is 37.1 Å². The molecule has 1 aromatic rings. The van der Waals surface area contributed by atoms with Crippen molar-refractivity contribution in [3.8, 4) is 0 Å². The summed E-state index contributed by atoms with van der Waals surface area (Å²) in [5.41, 5.74) is 2.92. The van der Waals surface area contributed by atoms with E-state index in [1.165, 1.54) is 6.07 Å². The van der Waals surface area contributed by atoms with Gasteiger partial charge in [0.15, 0.2) is 0 Å². The first-order valence-electron chi connectivity index (χ1n) is 5.19. The smallest absolute Gasteiger partial charge is 0.0784 e. The van der Waals surface area contributed by atoms with Crippen LogP contribution in [-0.4, -0.2) is 11.9 Å². The van der Waals surface area contributed by atoms with E-state index in [2.05, 4.69) is 28.6 Å². The molecule has 0 aliphatic carbocycles. The van der Waals surface area contributed by atoms with Crippen LogP contribution in [0.1, 0.15) is 11.1 Å². The van der Waals surface area contributed by atoms with Gasteiger partial charge < -0.3 is 4.90 Å². The number of likely N-dealkylation sites (N-methyl/N-ethyl adjacent to an activating group) is 1. The van der Waals surface area contributed by atoms with E-state index in [4.69, 9.17) is 0 Å². The van der Waals surface area contributed by atoms with Crippen LogP contribution in [0.5, 0.6) is 0 Å². The maximum atomic E-state index is 13.9. The Hall–Kier alpha value is -0.246. The molecule has 0 amide bonds. The Morgan fingerprint density at radius 1 is 1.39 bits per heavy atom. The first-order valence-corrected chi connectivity index (χ1v) is 5.98. The fraction of sp³-hybridized carbons (Fsp3) is 0.143. The molecule has 0 bridgehead atoms. The van der Waals surface area contributed by atoms with Gasteiger partial charge in [0.1, 0.15) is 0 Å². The van der Waals surface area contributed by atoms with Gasteiger partial charge in [-0.15, -0.1) is 22.0 Å². The van der Waals surface area contributed by atoms with Crippen molar-refractivity contribution in [3.63, 3.8) is 0 Å². The van der Waals surface area contributed by atoms with Gasteiger partial charge in [-0.1, -0.05) is 34.0 Å². The normalized spacial score (nSPS) is 14.9. The zero-order valence-electron chi connectivity index (χ0n) is 10.3. The SMILES string of the molecule is C=C1C(Br)=C[C-]=C(c2ccc(C)cc2F)N1C.[Y]. The first-order chi connectivity index (χ1) is 8.00. The number of rotatable bonds is 1. The van der Waals surface area contributed by atoms with Crippen LogP contribution in [0.4, 0.5) is 4.39 Å². The third-order valence-corrected chi connectivity index (χ3v) is 3.42. The van der Waals surface area contributed by atoms with Crippen molar-refractivity contribution in [2.45, 2.75) is 6.92 Å². The van der Waals surface area contributed by atoms with Crippen LogP contribution in [0.15, 0.2) is 41.0 Å². The van der Waals surface area contributed by atoms with Gasteiger partial charge in [-0.05, 0) is 18.7 Å².